The number of aromatic nitrogens is 3. The normalized spacial score (nSPS) is 24.7. The van der Waals surface area contributed by atoms with Gasteiger partial charge in [0.25, 0.3) is 0 Å². The predicted octanol–water partition coefficient (Wildman–Crippen LogP) is 1.33. The summed E-state index contributed by atoms with van der Waals surface area (Å²) in [4.78, 5) is 4.24. The molecule has 1 fully saturated rings. The molecular formula is C12H22N4O. The lowest BCUT2D eigenvalue weighted by molar-refractivity contribution is 0.0297. The molecule has 2 N–H and O–H groups in total. The second kappa shape index (κ2) is 5.60. The average Bonchev–Trinajstić information content (AvgIpc) is 2.84. The first-order valence-corrected chi connectivity index (χ1v) is 6.40. The Hall–Kier alpha value is -0.940. The van der Waals surface area contributed by atoms with Crippen LogP contribution in [0.1, 0.15) is 38.9 Å². The van der Waals surface area contributed by atoms with Gasteiger partial charge in [-0.2, -0.15) is 5.10 Å². The molecule has 1 aliphatic rings. The van der Waals surface area contributed by atoms with E-state index in [1.165, 1.54) is 6.42 Å². The third kappa shape index (κ3) is 3.26. The molecule has 0 saturated heterocycles. The Labute approximate surface area is 102 Å². The molecule has 1 aliphatic carbocycles. The summed E-state index contributed by atoms with van der Waals surface area (Å²) in [5.41, 5.74) is 5.97. The van der Waals surface area contributed by atoms with Crippen LogP contribution < -0.4 is 5.73 Å². The molecule has 0 radical (unpaired) electrons. The van der Waals surface area contributed by atoms with Crippen molar-refractivity contribution in [2.24, 2.45) is 11.7 Å². The first kappa shape index (κ1) is 12.5. The average molecular weight is 238 g/mol. The van der Waals surface area contributed by atoms with Gasteiger partial charge in [0, 0.05) is 12.6 Å². The highest BCUT2D eigenvalue weighted by Gasteiger charge is 2.24. The number of nitrogens with two attached hydrogens (primary N) is 1. The molecule has 0 aliphatic heterocycles. The fourth-order valence-electron chi connectivity index (χ4n) is 2.24. The Balaban J connectivity index is 1.88. The van der Waals surface area contributed by atoms with Crippen molar-refractivity contribution < 1.29 is 4.74 Å². The number of ether oxygens (including phenoxy) is 1. The quantitative estimate of drug-likeness (QED) is 0.840. The van der Waals surface area contributed by atoms with Crippen molar-refractivity contribution in [3.05, 3.63) is 12.2 Å². The van der Waals surface area contributed by atoms with Gasteiger partial charge >= 0.3 is 0 Å². The maximum atomic E-state index is 5.97. The molecule has 1 heterocycles. The summed E-state index contributed by atoms with van der Waals surface area (Å²) in [6, 6.07) is 0.191. The first-order chi connectivity index (χ1) is 8.16. The number of rotatable bonds is 5. The van der Waals surface area contributed by atoms with Gasteiger partial charge in [-0.25, -0.2) is 9.67 Å². The van der Waals surface area contributed by atoms with Gasteiger partial charge in [-0.1, -0.05) is 13.8 Å². The summed E-state index contributed by atoms with van der Waals surface area (Å²) in [7, 11) is 0. The van der Waals surface area contributed by atoms with Gasteiger partial charge in [-0.15, -0.1) is 0 Å². The highest BCUT2D eigenvalue weighted by molar-refractivity contribution is 4.85. The van der Waals surface area contributed by atoms with Crippen LogP contribution in [-0.2, 0) is 17.9 Å². The zero-order valence-corrected chi connectivity index (χ0v) is 10.7. The second-order valence-electron chi connectivity index (χ2n) is 5.20. The van der Waals surface area contributed by atoms with Crippen LogP contribution >= 0.6 is 0 Å². The van der Waals surface area contributed by atoms with E-state index in [-0.39, 0.29) is 12.1 Å². The second-order valence-corrected chi connectivity index (χ2v) is 5.20. The Morgan fingerprint density at radius 3 is 3.00 bits per heavy atom. The molecule has 2 atom stereocenters. The number of hydrogen-bond donors (Lipinski definition) is 1. The van der Waals surface area contributed by atoms with E-state index >= 15 is 0 Å². The van der Waals surface area contributed by atoms with Crippen LogP contribution in [0.5, 0.6) is 0 Å². The van der Waals surface area contributed by atoms with Crippen molar-refractivity contribution in [3.8, 4) is 0 Å². The maximum Gasteiger partial charge on any atom is 0.152 e. The fourth-order valence-corrected chi connectivity index (χ4v) is 2.24. The topological polar surface area (TPSA) is 66.0 Å². The van der Waals surface area contributed by atoms with Crippen LogP contribution in [-0.4, -0.2) is 26.9 Å². The van der Waals surface area contributed by atoms with E-state index in [9.17, 15) is 0 Å². The van der Waals surface area contributed by atoms with Gasteiger partial charge in [0.1, 0.15) is 12.9 Å². The minimum absolute atomic E-state index is 0.191. The molecule has 0 spiro atoms. The van der Waals surface area contributed by atoms with Crippen molar-refractivity contribution >= 4 is 0 Å². The SMILES string of the molecule is CC(C)Cn1ncnc1COC1CCCC1N. The maximum absolute atomic E-state index is 5.97. The van der Waals surface area contributed by atoms with Gasteiger partial charge in [0.2, 0.25) is 0 Å². The van der Waals surface area contributed by atoms with Crippen molar-refractivity contribution in [1.82, 2.24) is 14.8 Å². The van der Waals surface area contributed by atoms with E-state index in [1.807, 2.05) is 4.68 Å². The van der Waals surface area contributed by atoms with Crippen LogP contribution in [0.4, 0.5) is 0 Å². The van der Waals surface area contributed by atoms with Gasteiger partial charge < -0.3 is 10.5 Å². The molecule has 1 aromatic heterocycles. The fraction of sp³-hybridized carbons (Fsp3) is 0.833. The Kier molecular flexibility index (Phi) is 4.12. The molecule has 96 valence electrons. The lowest BCUT2D eigenvalue weighted by Crippen LogP contribution is -2.31. The van der Waals surface area contributed by atoms with Crippen molar-refractivity contribution in [2.75, 3.05) is 0 Å². The minimum Gasteiger partial charge on any atom is -0.369 e. The van der Waals surface area contributed by atoms with Crippen LogP contribution in [0.2, 0.25) is 0 Å². The van der Waals surface area contributed by atoms with Gasteiger partial charge in [0.05, 0.1) is 6.10 Å². The highest BCUT2D eigenvalue weighted by Crippen LogP contribution is 2.21. The van der Waals surface area contributed by atoms with Gasteiger partial charge in [-0.05, 0) is 25.2 Å². The lowest BCUT2D eigenvalue weighted by Gasteiger charge is -2.16. The lowest BCUT2D eigenvalue weighted by atomic mass is 10.2. The molecule has 17 heavy (non-hydrogen) atoms. The zero-order chi connectivity index (χ0) is 12.3. The molecule has 0 aromatic carbocycles. The smallest absolute Gasteiger partial charge is 0.152 e. The van der Waals surface area contributed by atoms with E-state index in [0.29, 0.717) is 12.5 Å². The van der Waals surface area contributed by atoms with Crippen LogP contribution in [0.3, 0.4) is 0 Å². The van der Waals surface area contributed by atoms with Gasteiger partial charge in [0.15, 0.2) is 5.82 Å². The first-order valence-electron chi connectivity index (χ1n) is 6.40. The predicted molar refractivity (Wildman–Crippen MR) is 65.3 cm³/mol. The van der Waals surface area contributed by atoms with Gasteiger partial charge in [-0.3, -0.25) is 0 Å². The summed E-state index contributed by atoms with van der Waals surface area (Å²) < 4.78 is 7.76. The molecule has 1 saturated carbocycles. The molecule has 2 rings (SSSR count). The zero-order valence-electron chi connectivity index (χ0n) is 10.7. The standard InChI is InChI=1S/C12H22N4O/c1-9(2)6-16-12(14-8-15-16)7-17-11-5-3-4-10(11)13/h8-11H,3-7,13H2,1-2H3. The minimum atomic E-state index is 0.191. The van der Waals surface area contributed by atoms with E-state index in [1.54, 1.807) is 6.33 Å². The molecule has 0 amide bonds. The summed E-state index contributed by atoms with van der Waals surface area (Å²) in [6.45, 7) is 5.74. The van der Waals surface area contributed by atoms with E-state index in [2.05, 4.69) is 23.9 Å². The van der Waals surface area contributed by atoms with Crippen LogP contribution in [0, 0.1) is 5.92 Å². The highest BCUT2D eigenvalue weighted by atomic mass is 16.5. The van der Waals surface area contributed by atoms with Crippen molar-refractivity contribution in [2.45, 2.75) is 58.4 Å². The molecule has 5 nitrogen and oxygen atoms in total. The Morgan fingerprint density at radius 2 is 2.35 bits per heavy atom. The molecule has 2 unspecified atom stereocenters. The summed E-state index contributed by atoms with van der Waals surface area (Å²) >= 11 is 0. The van der Waals surface area contributed by atoms with E-state index < -0.39 is 0 Å². The van der Waals surface area contributed by atoms with Crippen LogP contribution in [0.15, 0.2) is 6.33 Å². The molecule has 5 heteroatoms. The molecular weight excluding hydrogens is 216 g/mol. The third-order valence-corrected chi connectivity index (χ3v) is 3.16. The number of nitrogens with zero attached hydrogens (tertiary/aromatic N) is 3. The third-order valence-electron chi connectivity index (χ3n) is 3.16. The monoisotopic (exact) mass is 238 g/mol. The Morgan fingerprint density at radius 1 is 1.53 bits per heavy atom. The van der Waals surface area contributed by atoms with E-state index in [0.717, 1.165) is 25.2 Å². The summed E-state index contributed by atoms with van der Waals surface area (Å²) in [5, 5.41) is 4.21. The van der Waals surface area contributed by atoms with Crippen molar-refractivity contribution in [3.63, 3.8) is 0 Å². The summed E-state index contributed by atoms with van der Waals surface area (Å²) in [5.74, 6) is 1.46. The van der Waals surface area contributed by atoms with Crippen LogP contribution in [0.25, 0.3) is 0 Å². The van der Waals surface area contributed by atoms with E-state index in [4.69, 9.17) is 10.5 Å². The molecule has 1 aromatic rings. The Bertz CT molecular complexity index is 350. The summed E-state index contributed by atoms with van der Waals surface area (Å²) in [6.07, 6.45) is 5.10. The number of hydrogen-bond acceptors (Lipinski definition) is 4. The largest absolute Gasteiger partial charge is 0.369 e. The van der Waals surface area contributed by atoms with Crippen molar-refractivity contribution in [1.29, 1.82) is 0 Å². The molecule has 0 bridgehead atoms.